The molecule has 0 radical (unpaired) electrons. The monoisotopic (exact) mass is 336 g/mol. The van der Waals surface area contributed by atoms with E-state index < -0.39 is 10.2 Å². The number of anilines is 1. The van der Waals surface area contributed by atoms with Crippen LogP contribution in [0.25, 0.3) is 11.0 Å². The largest absolute Gasteiger partial charge is 0.396 e. The molecule has 7 nitrogen and oxygen atoms in total. The Morgan fingerprint density at radius 1 is 1.45 bits per heavy atom. The van der Waals surface area contributed by atoms with Crippen LogP contribution in [0.4, 0.5) is 5.69 Å². The van der Waals surface area contributed by atoms with Crippen LogP contribution in [0.5, 0.6) is 0 Å². The number of aliphatic hydroxyl groups excluding tert-OH is 1. The van der Waals surface area contributed by atoms with Gasteiger partial charge >= 0.3 is 10.2 Å². The van der Waals surface area contributed by atoms with Crippen molar-refractivity contribution in [1.82, 2.24) is 13.1 Å². The fourth-order valence-electron chi connectivity index (χ4n) is 1.54. The molecular weight excluding hydrogens is 324 g/mol. The van der Waals surface area contributed by atoms with Gasteiger partial charge in [0.25, 0.3) is 0 Å². The van der Waals surface area contributed by atoms with E-state index >= 15 is 0 Å². The average Bonchev–Trinajstić information content (AvgIpc) is 2.87. The number of aromatic nitrogens is 2. The Hall–Kier alpha value is -1.00. The summed E-state index contributed by atoms with van der Waals surface area (Å²) in [5.74, 6) is 0. The molecular formula is C10H13ClN4O3S2. The standard InChI is InChI=1S/C10H13ClN4O3S2/c1-15(5-2-6-16)20(17,18)14-9-7(11)3-4-8-10(9)13-19-12-8/h3-4,14,16H,2,5-6H2,1H3. The number of rotatable bonds is 6. The minimum Gasteiger partial charge on any atom is -0.396 e. The molecule has 0 aliphatic rings. The van der Waals surface area contributed by atoms with E-state index in [0.717, 1.165) is 16.0 Å². The van der Waals surface area contributed by atoms with Crippen LogP contribution in [0.2, 0.25) is 5.02 Å². The summed E-state index contributed by atoms with van der Waals surface area (Å²) < 4.78 is 35.9. The van der Waals surface area contributed by atoms with Crippen LogP contribution in [-0.4, -0.2) is 46.8 Å². The lowest BCUT2D eigenvalue weighted by Crippen LogP contribution is -2.33. The first-order valence-corrected chi connectivity index (χ1v) is 8.26. The third-order valence-electron chi connectivity index (χ3n) is 2.65. The summed E-state index contributed by atoms with van der Waals surface area (Å²) >= 11 is 7.01. The second-order valence-electron chi connectivity index (χ2n) is 4.06. The van der Waals surface area contributed by atoms with Gasteiger partial charge in [0.2, 0.25) is 0 Å². The van der Waals surface area contributed by atoms with Gasteiger partial charge in [0.15, 0.2) is 0 Å². The van der Waals surface area contributed by atoms with Crippen LogP contribution in [-0.2, 0) is 10.2 Å². The van der Waals surface area contributed by atoms with Crippen LogP contribution in [0, 0.1) is 0 Å². The predicted molar refractivity (Wildman–Crippen MR) is 79.3 cm³/mol. The van der Waals surface area contributed by atoms with Gasteiger partial charge in [0, 0.05) is 20.2 Å². The van der Waals surface area contributed by atoms with Crippen molar-refractivity contribution in [3.63, 3.8) is 0 Å². The number of benzene rings is 1. The Kier molecular flexibility index (Phi) is 4.76. The average molecular weight is 337 g/mol. The van der Waals surface area contributed by atoms with Crippen LogP contribution in [0.3, 0.4) is 0 Å². The highest BCUT2D eigenvalue weighted by Crippen LogP contribution is 2.30. The van der Waals surface area contributed by atoms with Gasteiger partial charge in [0.05, 0.1) is 22.4 Å². The molecule has 0 bridgehead atoms. The zero-order valence-corrected chi connectivity index (χ0v) is 13.0. The fourth-order valence-corrected chi connectivity index (χ4v) is 3.33. The molecule has 0 atom stereocenters. The predicted octanol–water partition coefficient (Wildman–Crippen LogP) is 1.32. The maximum Gasteiger partial charge on any atom is 0.301 e. The van der Waals surface area contributed by atoms with Crippen molar-refractivity contribution in [2.24, 2.45) is 0 Å². The molecule has 0 spiro atoms. The van der Waals surface area contributed by atoms with Crippen molar-refractivity contribution >= 4 is 50.3 Å². The highest BCUT2D eigenvalue weighted by atomic mass is 35.5. The molecule has 0 aliphatic heterocycles. The summed E-state index contributed by atoms with van der Waals surface area (Å²) in [7, 11) is -2.33. The SMILES string of the molecule is CN(CCCO)S(=O)(=O)Nc1c(Cl)ccc2nsnc12. The number of hydrogen-bond acceptors (Lipinski definition) is 6. The number of aliphatic hydroxyl groups is 1. The van der Waals surface area contributed by atoms with Crippen molar-refractivity contribution in [2.75, 3.05) is 24.9 Å². The molecule has 2 N–H and O–H groups in total. The molecule has 0 saturated heterocycles. The molecule has 0 aliphatic carbocycles. The van der Waals surface area contributed by atoms with Crippen LogP contribution in [0.1, 0.15) is 6.42 Å². The summed E-state index contributed by atoms with van der Waals surface area (Å²) in [5.41, 5.74) is 1.21. The van der Waals surface area contributed by atoms with Gasteiger partial charge in [-0.3, -0.25) is 4.72 Å². The fraction of sp³-hybridized carbons (Fsp3) is 0.400. The molecule has 10 heteroatoms. The first kappa shape index (κ1) is 15.4. The minimum atomic E-state index is -3.75. The summed E-state index contributed by atoms with van der Waals surface area (Å²) in [6.07, 6.45) is 0.355. The van der Waals surface area contributed by atoms with Gasteiger partial charge in [0.1, 0.15) is 11.0 Å². The van der Waals surface area contributed by atoms with Gasteiger partial charge in [-0.15, -0.1) is 0 Å². The maximum absolute atomic E-state index is 12.2. The summed E-state index contributed by atoms with van der Waals surface area (Å²) in [4.78, 5) is 0. The van der Waals surface area contributed by atoms with Gasteiger partial charge in [-0.25, -0.2) is 0 Å². The Labute approximate surface area is 125 Å². The highest BCUT2D eigenvalue weighted by molar-refractivity contribution is 7.90. The topological polar surface area (TPSA) is 95.4 Å². The van der Waals surface area contributed by atoms with Crippen molar-refractivity contribution < 1.29 is 13.5 Å². The second-order valence-corrected chi connectivity index (χ2v) is 6.77. The summed E-state index contributed by atoms with van der Waals surface area (Å²) in [6, 6.07) is 3.24. The highest BCUT2D eigenvalue weighted by Gasteiger charge is 2.21. The lowest BCUT2D eigenvalue weighted by Gasteiger charge is -2.18. The van der Waals surface area contributed by atoms with Gasteiger partial charge in [-0.05, 0) is 18.6 Å². The van der Waals surface area contributed by atoms with E-state index in [-0.39, 0.29) is 23.9 Å². The number of nitrogens with one attached hydrogen (secondary N) is 1. The van der Waals surface area contributed by atoms with Crippen molar-refractivity contribution in [3.8, 4) is 0 Å². The van der Waals surface area contributed by atoms with E-state index in [1.54, 1.807) is 12.1 Å². The molecule has 1 aromatic carbocycles. The van der Waals surface area contributed by atoms with E-state index in [9.17, 15) is 8.42 Å². The number of halogens is 1. The van der Waals surface area contributed by atoms with E-state index in [0.29, 0.717) is 17.5 Å². The molecule has 1 aromatic heterocycles. The molecule has 2 rings (SSSR count). The smallest absolute Gasteiger partial charge is 0.301 e. The van der Waals surface area contributed by atoms with Crippen molar-refractivity contribution in [3.05, 3.63) is 17.2 Å². The third kappa shape index (κ3) is 3.18. The van der Waals surface area contributed by atoms with Gasteiger partial charge < -0.3 is 5.11 Å². The normalized spacial score (nSPS) is 12.2. The Morgan fingerprint density at radius 3 is 2.90 bits per heavy atom. The van der Waals surface area contributed by atoms with Crippen molar-refractivity contribution in [1.29, 1.82) is 0 Å². The van der Waals surface area contributed by atoms with Gasteiger partial charge in [-0.2, -0.15) is 21.5 Å². The van der Waals surface area contributed by atoms with E-state index in [2.05, 4.69) is 13.5 Å². The molecule has 0 unspecified atom stereocenters. The minimum absolute atomic E-state index is 0.0772. The van der Waals surface area contributed by atoms with E-state index in [4.69, 9.17) is 16.7 Å². The Morgan fingerprint density at radius 2 is 2.20 bits per heavy atom. The molecule has 20 heavy (non-hydrogen) atoms. The van der Waals surface area contributed by atoms with E-state index in [1.807, 2.05) is 0 Å². The second kappa shape index (κ2) is 6.19. The number of fused-ring (bicyclic) bond motifs is 1. The lowest BCUT2D eigenvalue weighted by atomic mass is 10.3. The maximum atomic E-state index is 12.2. The zero-order chi connectivity index (χ0) is 14.8. The van der Waals surface area contributed by atoms with Crippen molar-refractivity contribution in [2.45, 2.75) is 6.42 Å². The van der Waals surface area contributed by atoms with Crippen LogP contribution in [0.15, 0.2) is 12.1 Å². The van der Waals surface area contributed by atoms with Crippen LogP contribution >= 0.6 is 23.3 Å². The quantitative estimate of drug-likeness (QED) is 0.829. The van der Waals surface area contributed by atoms with Crippen LogP contribution < -0.4 is 4.72 Å². The van der Waals surface area contributed by atoms with Gasteiger partial charge in [-0.1, -0.05) is 11.6 Å². The first-order chi connectivity index (χ1) is 9.45. The summed E-state index contributed by atoms with van der Waals surface area (Å²) in [5, 5.41) is 9.00. The lowest BCUT2D eigenvalue weighted by molar-refractivity contribution is 0.276. The first-order valence-electron chi connectivity index (χ1n) is 5.71. The molecule has 0 amide bonds. The van der Waals surface area contributed by atoms with E-state index in [1.165, 1.54) is 7.05 Å². The molecule has 2 aromatic rings. The molecule has 0 saturated carbocycles. The number of hydrogen-bond donors (Lipinski definition) is 2. The zero-order valence-electron chi connectivity index (χ0n) is 10.6. The Bertz CT molecular complexity index is 704. The molecule has 1 heterocycles. The molecule has 0 fully saturated rings. The third-order valence-corrected chi connectivity index (χ3v) is 4.97. The Balaban J connectivity index is 2.31. The summed E-state index contributed by atoms with van der Waals surface area (Å²) in [6.45, 7) is 0.126. The molecule has 110 valence electrons. The number of nitrogens with zero attached hydrogens (tertiary/aromatic N) is 3.